The highest BCUT2D eigenvalue weighted by Crippen LogP contribution is 2.48. The van der Waals surface area contributed by atoms with Crippen LogP contribution < -0.4 is 9.47 Å². The van der Waals surface area contributed by atoms with Crippen LogP contribution in [0.1, 0.15) is 37.8 Å². The van der Waals surface area contributed by atoms with Crippen LogP contribution in [0, 0.1) is 0 Å². The van der Waals surface area contributed by atoms with E-state index in [9.17, 15) is 0 Å². The first-order chi connectivity index (χ1) is 9.71. The van der Waals surface area contributed by atoms with Crippen LogP contribution in [0.4, 0.5) is 0 Å². The lowest BCUT2D eigenvalue weighted by Crippen LogP contribution is -2.44. The summed E-state index contributed by atoms with van der Waals surface area (Å²) in [5.74, 6) is 1.32. The van der Waals surface area contributed by atoms with Crippen LogP contribution in [0.5, 0.6) is 11.6 Å². The maximum atomic E-state index is 5.39. The minimum atomic E-state index is 0.215. The summed E-state index contributed by atoms with van der Waals surface area (Å²) >= 11 is 0. The lowest BCUT2D eigenvalue weighted by atomic mass is 9.68. The fraction of sp³-hybridized carbons (Fsp3) is 0.688. The molecule has 1 saturated carbocycles. The van der Waals surface area contributed by atoms with Gasteiger partial charge in [-0.2, -0.15) is 0 Å². The Hall–Kier alpha value is -1.29. The molecule has 2 heterocycles. The summed E-state index contributed by atoms with van der Waals surface area (Å²) in [5.41, 5.74) is 1.40. The molecule has 3 rings (SSSR count). The molecule has 1 aromatic heterocycles. The first kappa shape index (κ1) is 13.7. The predicted molar refractivity (Wildman–Crippen MR) is 78.5 cm³/mol. The van der Waals surface area contributed by atoms with Gasteiger partial charge in [0.25, 0.3) is 5.88 Å². The zero-order chi connectivity index (χ0) is 14.2. The summed E-state index contributed by atoms with van der Waals surface area (Å²) < 4.78 is 10.7. The number of ether oxygens (including phenoxy) is 2. The van der Waals surface area contributed by atoms with Gasteiger partial charge in [-0.25, -0.2) is 4.98 Å². The zero-order valence-electron chi connectivity index (χ0n) is 12.7. The van der Waals surface area contributed by atoms with Gasteiger partial charge in [0.15, 0.2) is 5.75 Å². The smallest absolute Gasteiger partial charge is 0.256 e. The minimum Gasteiger partial charge on any atom is -0.491 e. The Labute approximate surface area is 121 Å². The topological polar surface area (TPSA) is 34.6 Å². The summed E-state index contributed by atoms with van der Waals surface area (Å²) in [6, 6.07) is 4.76. The summed E-state index contributed by atoms with van der Waals surface area (Å²) in [5, 5.41) is 0. The standard InChI is InChI=1S/C16H24N2O2/c1-18-11-10-16(9-5-4-6-14(16)18)13-8-7-12(19-2)15(17-13)20-3/h7-8,14H,4-6,9-11H2,1-3H3/t14-,16?/m0/s1. The van der Waals surface area contributed by atoms with Gasteiger partial charge in [-0.05, 0) is 45.0 Å². The molecule has 20 heavy (non-hydrogen) atoms. The van der Waals surface area contributed by atoms with E-state index in [1.165, 1.54) is 44.3 Å². The Morgan fingerprint density at radius 2 is 2.05 bits per heavy atom. The summed E-state index contributed by atoms with van der Waals surface area (Å²) in [6.45, 7) is 1.17. The highest BCUT2D eigenvalue weighted by Gasteiger charge is 2.49. The third-order valence-corrected chi connectivity index (χ3v) is 5.18. The second-order valence-corrected chi connectivity index (χ2v) is 6.06. The molecule has 0 spiro atoms. The molecule has 4 nitrogen and oxygen atoms in total. The normalized spacial score (nSPS) is 30.1. The predicted octanol–water partition coefficient (Wildman–Crippen LogP) is 2.61. The van der Waals surface area contributed by atoms with E-state index in [0.29, 0.717) is 17.7 Å². The van der Waals surface area contributed by atoms with Crippen molar-refractivity contribution in [3.05, 3.63) is 17.8 Å². The van der Waals surface area contributed by atoms with Crippen molar-refractivity contribution in [1.82, 2.24) is 9.88 Å². The first-order valence-electron chi connectivity index (χ1n) is 7.51. The largest absolute Gasteiger partial charge is 0.491 e. The van der Waals surface area contributed by atoms with Gasteiger partial charge in [-0.1, -0.05) is 12.8 Å². The fourth-order valence-corrected chi connectivity index (χ4v) is 4.12. The van der Waals surface area contributed by atoms with Crippen molar-refractivity contribution in [2.75, 3.05) is 27.8 Å². The van der Waals surface area contributed by atoms with E-state index in [2.05, 4.69) is 18.0 Å². The summed E-state index contributed by atoms with van der Waals surface area (Å²) in [7, 11) is 5.56. The Bertz CT molecular complexity index is 487. The second kappa shape index (κ2) is 5.24. The molecule has 1 aromatic rings. The monoisotopic (exact) mass is 276 g/mol. The number of likely N-dealkylation sites (N-methyl/N-ethyl adjacent to an activating group) is 1. The van der Waals surface area contributed by atoms with E-state index < -0.39 is 0 Å². The van der Waals surface area contributed by atoms with Crippen molar-refractivity contribution >= 4 is 0 Å². The Kier molecular flexibility index (Phi) is 3.59. The SMILES string of the molecule is COc1ccc(C23CCCC[C@@H]2N(C)CC3)nc1OC. The van der Waals surface area contributed by atoms with Crippen LogP contribution in [0.15, 0.2) is 12.1 Å². The number of nitrogens with zero attached hydrogens (tertiary/aromatic N) is 2. The van der Waals surface area contributed by atoms with Gasteiger partial charge in [0, 0.05) is 11.5 Å². The molecular weight excluding hydrogens is 252 g/mol. The van der Waals surface area contributed by atoms with Crippen LogP contribution in [0.3, 0.4) is 0 Å². The third kappa shape index (κ3) is 1.97. The zero-order valence-corrected chi connectivity index (χ0v) is 12.7. The van der Waals surface area contributed by atoms with Gasteiger partial charge in [0.1, 0.15) is 0 Å². The number of pyridine rings is 1. The lowest BCUT2D eigenvalue weighted by molar-refractivity contribution is 0.177. The van der Waals surface area contributed by atoms with Gasteiger partial charge < -0.3 is 14.4 Å². The van der Waals surface area contributed by atoms with Crippen molar-refractivity contribution in [1.29, 1.82) is 0 Å². The molecule has 1 unspecified atom stereocenters. The van der Waals surface area contributed by atoms with Gasteiger partial charge in [0.2, 0.25) is 0 Å². The van der Waals surface area contributed by atoms with Gasteiger partial charge in [-0.15, -0.1) is 0 Å². The van der Waals surface area contributed by atoms with Crippen molar-refractivity contribution in [2.24, 2.45) is 0 Å². The number of rotatable bonds is 3. The number of hydrogen-bond acceptors (Lipinski definition) is 4. The van der Waals surface area contributed by atoms with Crippen molar-refractivity contribution in [3.8, 4) is 11.6 Å². The molecule has 2 aliphatic rings. The van der Waals surface area contributed by atoms with E-state index in [0.717, 1.165) is 0 Å². The highest BCUT2D eigenvalue weighted by atomic mass is 16.5. The molecule has 1 aliphatic carbocycles. The molecule has 2 atom stereocenters. The molecule has 0 amide bonds. The minimum absolute atomic E-state index is 0.215. The molecule has 1 aliphatic heterocycles. The molecule has 0 bridgehead atoms. The Morgan fingerprint density at radius 3 is 2.80 bits per heavy atom. The van der Waals surface area contributed by atoms with Crippen LogP contribution >= 0.6 is 0 Å². The quantitative estimate of drug-likeness (QED) is 0.850. The summed E-state index contributed by atoms with van der Waals surface area (Å²) in [4.78, 5) is 7.29. The molecule has 0 aromatic carbocycles. The molecule has 110 valence electrons. The van der Waals surface area contributed by atoms with Crippen LogP contribution in [0.2, 0.25) is 0 Å². The third-order valence-electron chi connectivity index (χ3n) is 5.18. The molecule has 2 fully saturated rings. The summed E-state index contributed by atoms with van der Waals surface area (Å²) in [6.07, 6.45) is 6.37. The van der Waals surface area contributed by atoms with Gasteiger partial charge in [-0.3, -0.25) is 0 Å². The Morgan fingerprint density at radius 1 is 1.20 bits per heavy atom. The van der Waals surface area contributed by atoms with E-state index in [1.807, 2.05) is 6.07 Å². The number of likely N-dealkylation sites (tertiary alicyclic amines) is 1. The van der Waals surface area contributed by atoms with Crippen LogP contribution in [-0.2, 0) is 5.41 Å². The Balaban J connectivity index is 2.02. The van der Waals surface area contributed by atoms with E-state index in [-0.39, 0.29) is 5.41 Å². The maximum absolute atomic E-state index is 5.39. The molecule has 4 heteroatoms. The fourth-order valence-electron chi connectivity index (χ4n) is 4.12. The molecule has 1 saturated heterocycles. The van der Waals surface area contributed by atoms with Gasteiger partial charge >= 0.3 is 0 Å². The van der Waals surface area contributed by atoms with E-state index >= 15 is 0 Å². The maximum Gasteiger partial charge on any atom is 0.256 e. The van der Waals surface area contributed by atoms with Crippen molar-refractivity contribution < 1.29 is 9.47 Å². The van der Waals surface area contributed by atoms with Crippen molar-refractivity contribution in [3.63, 3.8) is 0 Å². The number of methoxy groups -OCH3 is 2. The number of aromatic nitrogens is 1. The molecular formula is C16H24N2O2. The van der Waals surface area contributed by atoms with Crippen LogP contribution in [-0.4, -0.2) is 43.7 Å². The number of hydrogen-bond donors (Lipinski definition) is 0. The highest BCUT2D eigenvalue weighted by molar-refractivity contribution is 5.38. The van der Waals surface area contributed by atoms with Gasteiger partial charge in [0.05, 0.1) is 19.9 Å². The van der Waals surface area contributed by atoms with E-state index in [4.69, 9.17) is 14.5 Å². The molecule has 0 radical (unpaired) electrons. The molecule has 0 N–H and O–H groups in total. The lowest BCUT2D eigenvalue weighted by Gasteiger charge is -2.40. The van der Waals surface area contributed by atoms with Crippen molar-refractivity contribution in [2.45, 2.75) is 43.6 Å². The average molecular weight is 276 g/mol. The second-order valence-electron chi connectivity index (χ2n) is 6.06. The number of fused-ring (bicyclic) bond motifs is 1. The average Bonchev–Trinajstić information content (AvgIpc) is 2.85. The van der Waals surface area contributed by atoms with Crippen LogP contribution in [0.25, 0.3) is 0 Å². The van der Waals surface area contributed by atoms with E-state index in [1.54, 1.807) is 14.2 Å². The first-order valence-corrected chi connectivity index (χ1v) is 7.51.